The number of nitrogens with two attached hydrogens (primary N) is 1. The van der Waals surface area contributed by atoms with Gasteiger partial charge < -0.3 is 11.1 Å². The highest BCUT2D eigenvalue weighted by molar-refractivity contribution is 7.91. The average molecular weight is 345 g/mol. The van der Waals surface area contributed by atoms with Gasteiger partial charge in [0.2, 0.25) is 5.91 Å². The number of carbonyl (C=O) groups excluding carboxylic acids is 1. The third-order valence-electron chi connectivity index (χ3n) is 4.50. The highest BCUT2D eigenvalue weighted by atomic mass is 35.5. The van der Waals surface area contributed by atoms with Gasteiger partial charge >= 0.3 is 0 Å². The molecule has 0 bridgehead atoms. The van der Waals surface area contributed by atoms with Gasteiger partial charge in [0.1, 0.15) is 0 Å². The van der Waals surface area contributed by atoms with Crippen LogP contribution in [0.3, 0.4) is 0 Å². The first-order chi connectivity index (χ1) is 9.91. The normalized spacial score (nSPS) is 21.5. The highest BCUT2D eigenvalue weighted by Gasteiger charge is 2.35. The topological polar surface area (TPSA) is 89.3 Å². The van der Waals surface area contributed by atoms with E-state index in [1.807, 2.05) is 0 Å². The summed E-state index contributed by atoms with van der Waals surface area (Å²) >= 11 is 0. The van der Waals surface area contributed by atoms with Gasteiger partial charge in [-0.25, -0.2) is 8.42 Å². The molecule has 0 atom stereocenters. The summed E-state index contributed by atoms with van der Waals surface area (Å²) in [5.74, 6) is -0.0573. The molecular weight excluding hydrogens is 324 g/mol. The van der Waals surface area contributed by atoms with Gasteiger partial charge in [-0.2, -0.15) is 0 Å². The Morgan fingerprint density at radius 1 is 1.18 bits per heavy atom. The fourth-order valence-corrected chi connectivity index (χ4v) is 4.73. The van der Waals surface area contributed by atoms with E-state index >= 15 is 0 Å². The summed E-state index contributed by atoms with van der Waals surface area (Å²) in [5.41, 5.74) is 6.70. The minimum atomic E-state index is -3.19. The van der Waals surface area contributed by atoms with E-state index in [1.165, 1.54) is 0 Å². The largest absolute Gasteiger partial charge is 0.324 e. The summed E-state index contributed by atoms with van der Waals surface area (Å²) in [4.78, 5) is 12.7. The predicted octanol–water partition coefficient (Wildman–Crippen LogP) is 2.04. The summed E-state index contributed by atoms with van der Waals surface area (Å²) < 4.78 is 23.8. The first-order valence-corrected chi connectivity index (χ1v) is 9.02. The molecule has 3 rings (SSSR count). The minimum absolute atomic E-state index is 0. The Labute approximate surface area is 137 Å². The van der Waals surface area contributed by atoms with Gasteiger partial charge in [0.15, 0.2) is 9.84 Å². The molecule has 22 heavy (non-hydrogen) atoms. The molecule has 0 unspecified atom stereocenters. The van der Waals surface area contributed by atoms with E-state index in [4.69, 9.17) is 5.73 Å². The Morgan fingerprint density at radius 2 is 1.86 bits per heavy atom. The number of hydrogen-bond acceptors (Lipinski definition) is 4. The summed E-state index contributed by atoms with van der Waals surface area (Å²) in [6.45, 7) is 0. The zero-order valence-corrected chi connectivity index (χ0v) is 13.9. The molecule has 0 radical (unpaired) electrons. The van der Waals surface area contributed by atoms with Gasteiger partial charge in [-0.15, -0.1) is 12.4 Å². The van der Waals surface area contributed by atoms with Crippen molar-refractivity contribution in [1.29, 1.82) is 0 Å². The second-order valence-corrected chi connectivity index (χ2v) is 8.14. The summed E-state index contributed by atoms with van der Waals surface area (Å²) in [6.07, 6.45) is 4.95. The standard InChI is InChI=1S/C15H20N2O3S.ClH/c16-15(7-2-1-3-8-15)14(18)17-12-5-4-11-6-9-21(19,20)13(11)10-12;/h4-5,10H,1-3,6-9,16H2,(H,17,18);1H. The molecule has 1 aromatic rings. The quantitative estimate of drug-likeness (QED) is 0.859. The van der Waals surface area contributed by atoms with Crippen LogP contribution in [0.5, 0.6) is 0 Å². The molecule has 1 amide bonds. The maximum Gasteiger partial charge on any atom is 0.244 e. The Bertz CT molecular complexity index is 682. The number of benzene rings is 1. The Kier molecular flexibility index (Phi) is 4.84. The Morgan fingerprint density at radius 3 is 2.55 bits per heavy atom. The number of fused-ring (bicyclic) bond motifs is 1. The van der Waals surface area contributed by atoms with Crippen molar-refractivity contribution in [2.24, 2.45) is 5.73 Å². The molecule has 1 aromatic carbocycles. The van der Waals surface area contributed by atoms with Crippen LogP contribution in [-0.4, -0.2) is 25.6 Å². The molecule has 122 valence electrons. The van der Waals surface area contributed by atoms with E-state index in [2.05, 4.69) is 5.32 Å². The summed E-state index contributed by atoms with van der Waals surface area (Å²) in [6, 6.07) is 5.09. The lowest BCUT2D eigenvalue weighted by Gasteiger charge is -2.31. The third-order valence-corrected chi connectivity index (χ3v) is 6.29. The fourth-order valence-electron chi connectivity index (χ4n) is 3.15. The zero-order chi connectivity index (χ0) is 15.1. The number of carbonyl (C=O) groups is 1. The number of halogens is 1. The molecule has 0 aromatic heterocycles. The number of amides is 1. The van der Waals surface area contributed by atoms with E-state index in [-0.39, 0.29) is 24.1 Å². The van der Waals surface area contributed by atoms with Crippen molar-refractivity contribution < 1.29 is 13.2 Å². The van der Waals surface area contributed by atoms with Crippen molar-refractivity contribution in [3.8, 4) is 0 Å². The molecular formula is C15H21ClN2O3S. The molecule has 2 aliphatic rings. The Hall–Kier alpha value is -1.11. The van der Waals surface area contributed by atoms with Crippen LogP contribution >= 0.6 is 12.4 Å². The van der Waals surface area contributed by atoms with Gasteiger partial charge in [-0.1, -0.05) is 25.3 Å². The smallest absolute Gasteiger partial charge is 0.244 e. The average Bonchev–Trinajstić information content (AvgIpc) is 2.75. The maximum atomic E-state index is 12.4. The van der Waals surface area contributed by atoms with Crippen molar-refractivity contribution >= 4 is 33.8 Å². The van der Waals surface area contributed by atoms with Gasteiger partial charge in [0, 0.05) is 5.69 Å². The number of rotatable bonds is 2. The van der Waals surface area contributed by atoms with Crippen LogP contribution in [0.4, 0.5) is 5.69 Å². The maximum absolute atomic E-state index is 12.4. The lowest BCUT2D eigenvalue weighted by molar-refractivity contribution is -0.122. The lowest BCUT2D eigenvalue weighted by atomic mass is 9.82. The second kappa shape index (κ2) is 6.18. The Balaban J connectivity index is 0.00000176. The minimum Gasteiger partial charge on any atom is -0.324 e. The summed E-state index contributed by atoms with van der Waals surface area (Å²) in [5, 5.41) is 2.79. The van der Waals surface area contributed by atoms with Gasteiger partial charge in [0.25, 0.3) is 0 Å². The number of hydrogen-bond donors (Lipinski definition) is 2. The zero-order valence-electron chi connectivity index (χ0n) is 12.3. The monoisotopic (exact) mass is 344 g/mol. The van der Waals surface area contributed by atoms with Crippen molar-refractivity contribution in [2.45, 2.75) is 49.0 Å². The van der Waals surface area contributed by atoms with E-state index < -0.39 is 15.4 Å². The molecule has 5 nitrogen and oxygen atoms in total. The molecule has 7 heteroatoms. The molecule has 0 spiro atoms. The van der Waals surface area contributed by atoms with Crippen LogP contribution in [0.1, 0.15) is 37.7 Å². The number of nitrogens with one attached hydrogen (secondary N) is 1. The van der Waals surface area contributed by atoms with Crippen molar-refractivity contribution in [1.82, 2.24) is 0 Å². The van der Waals surface area contributed by atoms with E-state index in [0.29, 0.717) is 29.8 Å². The lowest BCUT2D eigenvalue weighted by Crippen LogP contribution is -2.52. The fraction of sp³-hybridized carbons (Fsp3) is 0.533. The number of sulfone groups is 1. The van der Waals surface area contributed by atoms with E-state index in [0.717, 1.165) is 24.8 Å². The van der Waals surface area contributed by atoms with Crippen LogP contribution in [-0.2, 0) is 21.1 Å². The molecule has 1 fully saturated rings. The first-order valence-electron chi connectivity index (χ1n) is 7.37. The first kappa shape index (κ1) is 17.2. The van der Waals surface area contributed by atoms with E-state index in [9.17, 15) is 13.2 Å². The van der Waals surface area contributed by atoms with Gasteiger partial charge in [0.05, 0.1) is 16.2 Å². The summed E-state index contributed by atoms with van der Waals surface area (Å²) in [7, 11) is -3.19. The molecule has 0 saturated heterocycles. The number of anilines is 1. The SMILES string of the molecule is Cl.NC1(C(=O)Nc2ccc3c(c2)S(=O)(=O)CC3)CCCCC1. The predicted molar refractivity (Wildman–Crippen MR) is 88.1 cm³/mol. The molecule has 1 aliphatic heterocycles. The number of aryl methyl sites for hydroxylation is 1. The van der Waals surface area contributed by atoms with Crippen LogP contribution in [0.25, 0.3) is 0 Å². The highest BCUT2D eigenvalue weighted by Crippen LogP contribution is 2.30. The second-order valence-electron chi connectivity index (χ2n) is 6.06. The van der Waals surface area contributed by atoms with Crippen LogP contribution < -0.4 is 11.1 Å². The molecule has 1 saturated carbocycles. The van der Waals surface area contributed by atoms with Crippen molar-refractivity contribution in [3.63, 3.8) is 0 Å². The van der Waals surface area contributed by atoms with Gasteiger partial charge in [-0.3, -0.25) is 4.79 Å². The van der Waals surface area contributed by atoms with Crippen LogP contribution in [0.2, 0.25) is 0 Å². The molecule has 3 N–H and O–H groups in total. The van der Waals surface area contributed by atoms with Crippen molar-refractivity contribution in [3.05, 3.63) is 23.8 Å². The molecule has 1 aliphatic carbocycles. The van der Waals surface area contributed by atoms with E-state index in [1.54, 1.807) is 18.2 Å². The van der Waals surface area contributed by atoms with Crippen LogP contribution in [0.15, 0.2) is 23.1 Å². The van der Waals surface area contributed by atoms with Crippen molar-refractivity contribution in [2.75, 3.05) is 11.1 Å². The van der Waals surface area contributed by atoms with Crippen LogP contribution in [0, 0.1) is 0 Å². The van der Waals surface area contributed by atoms with Gasteiger partial charge in [-0.05, 0) is 37.0 Å². The third kappa shape index (κ3) is 3.14. The molecule has 1 heterocycles.